The second-order valence-electron chi connectivity index (χ2n) is 9.61. The van der Waals surface area contributed by atoms with Gasteiger partial charge < -0.3 is 20.6 Å². The van der Waals surface area contributed by atoms with E-state index in [-0.39, 0.29) is 31.6 Å². The Bertz CT molecular complexity index is 877. The number of hydrogen-bond acceptors (Lipinski definition) is 8. The van der Waals surface area contributed by atoms with E-state index >= 15 is 0 Å². The highest BCUT2D eigenvalue weighted by atomic mass is 16.4. The van der Waals surface area contributed by atoms with E-state index in [0.717, 1.165) is 5.56 Å². The summed E-state index contributed by atoms with van der Waals surface area (Å²) in [6.45, 7) is 7.34. The molecule has 0 atom stereocenters. The summed E-state index contributed by atoms with van der Waals surface area (Å²) in [5.41, 5.74) is 1.55. The van der Waals surface area contributed by atoms with E-state index in [4.69, 9.17) is 0 Å². The van der Waals surface area contributed by atoms with E-state index in [2.05, 4.69) is 10.2 Å². The van der Waals surface area contributed by atoms with Crippen LogP contribution in [-0.2, 0) is 20.9 Å². The maximum absolute atomic E-state index is 12.2. The molecule has 0 unspecified atom stereocenters. The summed E-state index contributed by atoms with van der Waals surface area (Å²) in [6, 6.07) is 7.36. The van der Waals surface area contributed by atoms with Crippen molar-refractivity contribution >= 4 is 23.8 Å². The van der Waals surface area contributed by atoms with Crippen molar-refractivity contribution in [2.75, 3.05) is 72.0 Å². The zero-order valence-corrected chi connectivity index (χ0v) is 21.6. The fourth-order valence-corrected chi connectivity index (χ4v) is 4.15. The van der Waals surface area contributed by atoms with E-state index in [0.29, 0.717) is 64.5 Å². The Kier molecular flexibility index (Phi) is 12.4. The number of rotatable bonds is 10. The van der Waals surface area contributed by atoms with Crippen molar-refractivity contribution in [3.63, 3.8) is 0 Å². The van der Waals surface area contributed by atoms with Gasteiger partial charge in [-0.2, -0.15) is 0 Å². The minimum Gasteiger partial charge on any atom is -0.480 e. The fraction of sp³-hybridized carbons (Fsp3) is 0.600. The largest absolute Gasteiger partial charge is 0.480 e. The highest BCUT2D eigenvalue weighted by Crippen LogP contribution is 2.10. The Labute approximate surface area is 217 Å². The van der Waals surface area contributed by atoms with E-state index in [1.807, 2.05) is 26.0 Å². The van der Waals surface area contributed by atoms with Crippen LogP contribution >= 0.6 is 0 Å². The molecular formula is C25H39N5O7. The minimum atomic E-state index is -0.986. The van der Waals surface area contributed by atoms with Crippen molar-refractivity contribution in [3.8, 4) is 0 Å². The van der Waals surface area contributed by atoms with Crippen molar-refractivity contribution in [1.82, 2.24) is 24.9 Å². The van der Waals surface area contributed by atoms with E-state index in [1.54, 1.807) is 26.8 Å². The molecule has 0 aliphatic carbocycles. The smallest absolute Gasteiger partial charge is 0.317 e. The summed E-state index contributed by atoms with van der Waals surface area (Å²) in [7, 11) is 0. The SMILES string of the molecule is CC(C)NC(=O)c1ccc(CN2CCN(CC(=O)O)CCN(CC(=O)O)CCN(CC(=O)O)CC2)cc1. The number of benzene rings is 1. The highest BCUT2D eigenvalue weighted by molar-refractivity contribution is 5.94. The molecule has 0 aromatic heterocycles. The van der Waals surface area contributed by atoms with Gasteiger partial charge in [-0.25, -0.2) is 0 Å². The molecule has 0 spiro atoms. The molecule has 0 saturated carbocycles. The Hall–Kier alpha value is -3.06. The van der Waals surface area contributed by atoms with Crippen LogP contribution in [0.5, 0.6) is 0 Å². The lowest BCUT2D eigenvalue weighted by atomic mass is 10.1. The molecule has 1 aromatic carbocycles. The third kappa shape index (κ3) is 12.2. The number of nitrogens with one attached hydrogen (secondary N) is 1. The zero-order chi connectivity index (χ0) is 27.4. The van der Waals surface area contributed by atoms with Crippen molar-refractivity contribution < 1.29 is 34.5 Å². The maximum atomic E-state index is 12.2. The summed E-state index contributed by atoms with van der Waals surface area (Å²) in [4.78, 5) is 53.8. The first-order chi connectivity index (χ1) is 17.5. The van der Waals surface area contributed by atoms with Crippen LogP contribution in [0.25, 0.3) is 0 Å². The number of aliphatic carboxylic acids is 3. The van der Waals surface area contributed by atoms with Gasteiger partial charge in [0.1, 0.15) is 0 Å². The molecular weight excluding hydrogens is 482 g/mol. The van der Waals surface area contributed by atoms with Crippen molar-refractivity contribution in [1.29, 1.82) is 0 Å². The monoisotopic (exact) mass is 521 g/mol. The topological polar surface area (TPSA) is 154 Å². The van der Waals surface area contributed by atoms with Crippen LogP contribution < -0.4 is 5.32 Å². The van der Waals surface area contributed by atoms with Crippen LogP contribution in [0.1, 0.15) is 29.8 Å². The van der Waals surface area contributed by atoms with E-state index in [1.165, 1.54) is 0 Å². The molecule has 2 rings (SSSR count). The van der Waals surface area contributed by atoms with Crippen LogP contribution in [0.2, 0.25) is 0 Å². The number of carboxylic acids is 3. The van der Waals surface area contributed by atoms with Gasteiger partial charge in [0.15, 0.2) is 0 Å². The van der Waals surface area contributed by atoms with Crippen molar-refractivity contribution in [2.24, 2.45) is 0 Å². The first kappa shape index (κ1) is 30.2. The van der Waals surface area contributed by atoms with E-state index < -0.39 is 17.9 Å². The molecule has 1 amide bonds. The predicted octanol–water partition coefficient (Wildman–Crippen LogP) is -0.200. The summed E-state index contributed by atoms with van der Waals surface area (Å²) in [6.07, 6.45) is 0. The number of nitrogens with zero attached hydrogens (tertiary/aromatic N) is 4. The summed E-state index contributed by atoms with van der Waals surface area (Å²) in [5.74, 6) is -3.03. The lowest BCUT2D eigenvalue weighted by Crippen LogP contribution is -2.48. The van der Waals surface area contributed by atoms with Crippen molar-refractivity contribution in [3.05, 3.63) is 35.4 Å². The average Bonchev–Trinajstić information content (AvgIpc) is 2.79. The second kappa shape index (κ2) is 15.3. The Balaban J connectivity index is 2.16. The third-order valence-corrected chi connectivity index (χ3v) is 6.05. The molecule has 4 N–H and O–H groups in total. The summed E-state index contributed by atoms with van der Waals surface area (Å²) in [5, 5.41) is 30.8. The molecule has 1 aromatic rings. The number of carboxylic acid groups (broad SMARTS) is 3. The van der Waals surface area contributed by atoms with Gasteiger partial charge in [-0.15, -0.1) is 0 Å². The molecule has 1 aliphatic rings. The first-order valence-corrected chi connectivity index (χ1v) is 12.5. The third-order valence-electron chi connectivity index (χ3n) is 6.05. The Morgan fingerprint density at radius 1 is 0.676 bits per heavy atom. The van der Waals surface area contributed by atoms with Crippen LogP contribution in [-0.4, -0.2) is 137 Å². The molecule has 0 radical (unpaired) electrons. The average molecular weight is 522 g/mol. The molecule has 12 heteroatoms. The van der Waals surface area contributed by atoms with Gasteiger partial charge in [-0.3, -0.25) is 38.8 Å². The van der Waals surface area contributed by atoms with Gasteiger partial charge in [0.2, 0.25) is 0 Å². The standard InChI is InChI=1S/C25H39N5O7/c1-19(2)26-25(37)21-5-3-20(4-6-21)15-27-7-9-28(16-22(31)32)11-13-30(18-24(35)36)14-12-29(10-8-27)17-23(33)34/h3-6,19H,7-18H2,1-2H3,(H,26,37)(H,31,32)(H,33,34)(H,35,36). The minimum absolute atomic E-state index is 0.0354. The van der Waals surface area contributed by atoms with Crippen molar-refractivity contribution in [2.45, 2.75) is 26.4 Å². The number of carbonyl (C=O) groups is 4. The molecule has 1 aliphatic heterocycles. The molecule has 1 fully saturated rings. The van der Waals surface area contributed by atoms with Crippen LogP contribution in [0.15, 0.2) is 24.3 Å². The van der Waals surface area contributed by atoms with Crippen LogP contribution in [0.3, 0.4) is 0 Å². The summed E-state index contributed by atoms with van der Waals surface area (Å²) < 4.78 is 0. The normalized spacial score (nSPS) is 17.6. The zero-order valence-electron chi connectivity index (χ0n) is 21.6. The number of amides is 1. The van der Waals surface area contributed by atoms with Gasteiger partial charge in [0, 0.05) is 70.5 Å². The lowest BCUT2D eigenvalue weighted by Gasteiger charge is -2.33. The second-order valence-corrected chi connectivity index (χ2v) is 9.61. The van der Waals surface area contributed by atoms with Gasteiger partial charge in [0.05, 0.1) is 19.6 Å². The number of hydrogen-bond donors (Lipinski definition) is 4. The molecule has 12 nitrogen and oxygen atoms in total. The highest BCUT2D eigenvalue weighted by Gasteiger charge is 2.20. The molecule has 1 heterocycles. The molecule has 206 valence electrons. The predicted molar refractivity (Wildman–Crippen MR) is 137 cm³/mol. The Morgan fingerprint density at radius 2 is 1.03 bits per heavy atom. The van der Waals surface area contributed by atoms with Gasteiger partial charge in [0.25, 0.3) is 5.91 Å². The van der Waals surface area contributed by atoms with E-state index in [9.17, 15) is 34.5 Å². The molecule has 1 saturated heterocycles. The summed E-state index contributed by atoms with van der Waals surface area (Å²) >= 11 is 0. The molecule has 37 heavy (non-hydrogen) atoms. The molecule has 0 bridgehead atoms. The Morgan fingerprint density at radius 3 is 1.35 bits per heavy atom. The first-order valence-electron chi connectivity index (χ1n) is 12.5. The lowest BCUT2D eigenvalue weighted by molar-refractivity contribution is -0.140. The van der Waals surface area contributed by atoms with Crippen LogP contribution in [0, 0.1) is 0 Å². The number of carbonyl (C=O) groups excluding carboxylic acids is 1. The van der Waals surface area contributed by atoms with Crippen LogP contribution in [0.4, 0.5) is 0 Å². The van der Waals surface area contributed by atoms with Gasteiger partial charge >= 0.3 is 17.9 Å². The van der Waals surface area contributed by atoms with Gasteiger partial charge in [-0.05, 0) is 31.5 Å². The maximum Gasteiger partial charge on any atom is 0.317 e. The quantitative estimate of drug-likeness (QED) is 0.324. The van der Waals surface area contributed by atoms with Gasteiger partial charge in [-0.1, -0.05) is 12.1 Å². The fourth-order valence-electron chi connectivity index (χ4n) is 4.15.